The van der Waals surface area contributed by atoms with Crippen molar-refractivity contribution in [3.05, 3.63) is 47.5 Å². The Kier molecular flexibility index (Phi) is 3.35. The lowest BCUT2D eigenvalue weighted by molar-refractivity contribution is -0.194. The molecule has 0 bridgehead atoms. The van der Waals surface area contributed by atoms with Gasteiger partial charge in [-0.2, -0.15) is 0 Å². The fourth-order valence-corrected chi connectivity index (χ4v) is 3.53. The number of ether oxygens (including phenoxy) is 4. The van der Waals surface area contributed by atoms with E-state index >= 15 is 0 Å². The van der Waals surface area contributed by atoms with Crippen LogP contribution in [0.5, 0.6) is 23.0 Å². The zero-order valence-electron chi connectivity index (χ0n) is 13.9. The second kappa shape index (κ2) is 5.31. The minimum Gasteiger partial charge on any atom is -0.508 e. The van der Waals surface area contributed by atoms with E-state index in [2.05, 4.69) is 6.92 Å². The third kappa shape index (κ3) is 2.19. The smallest absolute Gasteiger partial charge is 0.231 e. The molecular weight excluding hydrogens is 308 g/mol. The van der Waals surface area contributed by atoms with Crippen molar-refractivity contribution in [3.63, 3.8) is 0 Å². The Bertz CT molecular complexity index is 770. The first-order valence-corrected chi connectivity index (χ1v) is 7.98. The van der Waals surface area contributed by atoms with Crippen LogP contribution in [0.25, 0.3) is 0 Å². The Balaban J connectivity index is 1.89. The predicted octanol–water partition coefficient (Wildman–Crippen LogP) is 3.64. The zero-order chi connectivity index (χ0) is 16.9. The Hall–Kier alpha value is -2.40. The summed E-state index contributed by atoms with van der Waals surface area (Å²) < 4.78 is 22.9. The maximum absolute atomic E-state index is 9.61. The van der Waals surface area contributed by atoms with Crippen LogP contribution in [0.2, 0.25) is 0 Å². The van der Waals surface area contributed by atoms with Crippen LogP contribution in [0.1, 0.15) is 30.9 Å². The number of fused-ring (bicyclic) bond motifs is 2. The fourth-order valence-electron chi connectivity index (χ4n) is 3.53. The molecule has 2 heterocycles. The Morgan fingerprint density at radius 3 is 2.42 bits per heavy atom. The zero-order valence-corrected chi connectivity index (χ0v) is 13.9. The van der Waals surface area contributed by atoms with Gasteiger partial charge in [-0.15, -0.1) is 0 Å². The van der Waals surface area contributed by atoms with Crippen LogP contribution in [-0.2, 0) is 4.74 Å². The van der Waals surface area contributed by atoms with Gasteiger partial charge in [-0.3, -0.25) is 0 Å². The summed E-state index contributed by atoms with van der Waals surface area (Å²) in [5.41, 5.74) is 2.12. The average Bonchev–Trinajstić information content (AvgIpc) is 3.03. The van der Waals surface area contributed by atoms with Gasteiger partial charge in [0.15, 0.2) is 11.5 Å². The molecule has 2 aromatic rings. The molecule has 2 aliphatic rings. The van der Waals surface area contributed by atoms with Gasteiger partial charge in [-0.1, -0.05) is 19.1 Å². The summed E-state index contributed by atoms with van der Waals surface area (Å²) in [6, 6.07) is 11.1. The molecule has 0 aromatic heterocycles. The minimum absolute atomic E-state index is 0.0498. The molecule has 24 heavy (non-hydrogen) atoms. The highest BCUT2D eigenvalue weighted by molar-refractivity contribution is 5.56. The van der Waals surface area contributed by atoms with Crippen LogP contribution in [0.15, 0.2) is 36.4 Å². The van der Waals surface area contributed by atoms with E-state index in [0.717, 1.165) is 22.6 Å². The van der Waals surface area contributed by atoms with Gasteiger partial charge in [-0.05, 0) is 23.8 Å². The molecule has 3 atom stereocenters. The highest BCUT2D eigenvalue weighted by Crippen LogP contribution is 2.52. The molecule has 2 aromatic carbocycles. The number of aromatic hydroxyl groups is 1. The second-order valence-electron chi connectivity index (χ2n) is 6.42. The minimum atomic E-state index is -0.761. The van der Waals surface area contributed by atoms with Crippen molar-refractivity contribution >= 4 is 0 Å². The molecule has 1 N–H and O–H groups in total. The van der Waals surface area contributed by atoms with E-state index in [9.17, 15) is 5.11 Å². The molecule has 5 heteroatoms. The lowest BCUT2D eigenvalue weighted by atomic mass is 9.75. The Morgan fingerprint density at radius 1 is 1.08 bits per heavy atom. The van der Waals surface area contributed by atoms with E-state index in [-0.39, 0.29) is 24.4 Å². The monoisotopic (exact) mass is 328 g/mol. The van der Waals surface area contributed by atoms with Gasteiger partial charge in [0.2, 0.25) is 12.6 Å². The molecular formula is C19H20O5. The summed E-state index contributed by atoms with van der Waals surface area (Å²) in [5, 5.41) is 9.61. The van der Waals surface area contributed by atoms with Crippen molar-refractivity contribution in [1.29, 1.82) is 0 Å². The molecule has 4 rings (SSSR count). The highest BCUT2D eigenvalue weighted by Gasteiger charge is 2.46. The maximum atomic E-state index is 9.61. The molecule has 0 radical (unpaired) electrons. The van der Waals surface area contributed by atoms with Crippen molar-refractivity contribution in [2.24, 2.45) is 5.92 Å². The first-order chi connectivity index (χ1) is 11.5. The fraction of sp³-hybridized carbons (Fsp3) is 0.368. The lowest BCUT2D eigenvalue weighted by Gasteiger charge is -2.44. The van der Waals surface area contributed by atoms with Gasteiger partial charge in [-0.25, -0.2) is 0 Å². The van der Waals surface area contributed by atoms with Crippen LogP contribution in [0, 0.1) is 5.92 Å². The number of rotatable bonds is 2. The highest BCUT2D eigenvalue weighted by atomic mass is 16.7. The number of hydrogen-bond acceptors (Lipinski definition) is 5. The summed E-state index contributed by atoms with van der Waals surface area (Å²) in [6.07, 6.45) is 0. The van der Waals surface area contributed by atoms with E-state index < -0.39 is 5.79 Å². The Labute approximate surface area is 140 Å². The molecule has 0 fully saturated rings. The van der Waals surface area contributed by atoms with Crippen LogP contribution in [0.4, 0.5) is 0 Å². The summed E-state index contributed by atoms with van der Waals surface area (Å²) in [4.78, 5) is 0. The summed E-state index contributed by atoms with van der Waals surface area (Å²) >= 11 is 0. The number of benzene rings is 2. The van der Waals surface area contributed by atoms with Gasteiger partial charge < -0.3 is 24.1 Å². The number of phenols is 1. The predicted molar refractivity (Wildman–Crippen MR) is 87.7 cm³/mol. The molecule has 0 aliphatic carbocycles. The average molecular weight is 328 g/mol. The Morgan fingerprint density at radius 2 is 1.75 bits per heavy atom. The van der Waals surface area contributed by atoms with E-state index in [4.69, 9.17) is 18.9 Å². The van der Waals surface area contributed by atoms with Crippen molar-refractivity contribution in [3.8, 4) is 23.0 Å². The SMILES string of the molecule is COC1(C)Oc2cc3c(cc2C(c2ccc(O)cc2)C1C)OCO3. The first-order valence-electron chi connectivity index (χ1n) is 7.98. The van der Waals surface area contributed by atoms with Gasteiger partial charge in [0, 0.05) is 37.5 Å². The van der Waals surface area contributed by atoms with Gasteiger partial charge in [0.1, 0.15) is 11.5 Å². The van der Waals surface area contributed by atoms with Gasteiger partial charge in [0.25, 0.3) is 0 Å². The van der Waals surface area contributed by atoms with Crippen molar-refractivity contribution in [2.45, 2.75) is 25.6 Å². The molecule has 3 unspecified atom stereocenters. The number of methoxy groups -OCH3 is 1. The van der Waals surface area contributed by atoms with E-state index in [1.807, 2.05) is 31.2 Å². The lowest BCUT2D eigenvalue weighted by Crippen LogP contribution is -2.47. The third-order valence-corrected chi connectivity index (χ3v) is 5.14. The van der Waals surface area contributed by atoms with Crippen LogP contribution >= 0.6 is 0 Å². The molecule has 126 valence electrons. The van der Waals surface area contributed by atoms with Crippen LogP contribution in [-0.4, -0.2) is 24.8 Å². The molecule has 0 amide bonds. The number of phenolic OH excluding ortho intramolecular Hbond substituents is 1. The van der Waals surface area contributed by atoms with E-state index in [1.165, 1.54) is 0 Å². The van der Waals surface area contributed by atoms with E-state index in [0.29, 0.717) is 5.75 Å². The quantitative estimate of drug-likeness (QED) is 0.912. The van der Waals surface area contributed by atoms with Gasteiger partial charge >= 0.3 is 0 Å². The van der Waals surface area contributed by atoms with E-state index in [1.54, 1.807) is 19.2 Å². The largest absolute Gasteiger partial charge is 0.508 e. The third-order valence-electron chi connectivity index (χ3n) is 5.14. The summed E-state index contributed by atoms with van der Waals surface area (Å²) in [5.74, 6) is 1.75. The maximum Gasteiger partial charge on any atom is 0.231 e. The van der Waals surface area contributed by atoms with Crippen LogP contribution < -0.4 is 14.2 Å². The van der Waals surface area contributed by atoms with Crippen molar-refractivity contribution < 1.29 is 24.1 Å². The molecule has 5 nitrogen and oxygen atoms in total. The molecule has 0 saturated carbocycles. The first kappa shape index (κ1) is 15.1. The number of hydrogen-bond donors (Lipinski definition) is 1. The standard InChI is InChI=1S/C19H20O5/c1-11-18(12-4-6-13(20)7-5-12)14-8-16-17(23-10-22-16)9-15(14)24-19(11,2)21-3/h4-9,11,18,20H,10H2,1-3H3. The van der Waals surface area contributed by atoms with Crippen molar-refractivity contribution in [2.75, 3.05) is 13.9 Å². The topological polar surface area (TPSA) is 57.2 Å². The molecule has 2 aliphatic heterocycles. The molecule has 0 spiro atoms. The summed E-state index contributed by atoms with van der Waals surface area (Å²) in [6.45, 7) is 4.27. The van der Waals surface area contributed by atoms with Crippen LogP contribution in [0.3, 0.4) is 0 Å². The normalized spacial score (nSPS) is 27.5. The van der Waals surface area contributed by atoms with Crippen molar-refractivity contribution in [1.82, 2.24) is 0 Å². The summed E-state index contributed by atoms with van der Waals surface area (Å²) in [7, 11) is 1.66. The molecule has 0 saturated heterocycles. The second-order valence-corrected chi connectivity index (χ2v) is 6.42. The van der Waals surface area contributed by atoms with Gasteiger partial charge in [0.05, 0.1) is 0 Å².